The second-order valence-electron chi connectivity index (χ2n) is 5.49. The summed E-state index contributed by atoms with van der Waals surface area (Å²) in [6.07, 6.45) is 1.67. The molecule has 0 aliphatic carbocycles. The zero-order valence-corrected chi connectivity index (χ0v) is 15.6. The lowest BCUT2D eigenvalue weighted by Gasteiger charge is -2.03. The summed E-state index contributed by atoms with van der Waals surface area (Å²) in [5.41, 5.74) is 2.02. The Kier molecular flexibility index (Phi) is 4.29. The van der Waals surface area contributed by atoms with Crippen molar-refractivity contribution in [2.24, 2.45) is 0 Å². The molecule has 126 valence electrons. The topological polar surface area (TPSA) is 59.8 Å². The van der Waals surface area contributed by atoms with Crippen molar-refractivity contribution in [1.82, 2.24) is 14.8 Å². The Labute approximate surface area is 156 Å². The number of carbonyl (C=O) groups excluding carboxylic acids is 1. The van der Waals surface area contributed by atoms with Gasteiger partial charge in [0.15, 0.2) is 5.13 Å². The summed E-state index contributed by atoms with van der Waals surface area (Å²) >= 11 is 8.77. The summed E-state index contributed by atoms with van der Waals surface area (Å²) in [5.74, 6) is -0.145. The van der Waals surface area contributed by atoms with Crippen LogP contribution in [0.25, 0.3) is 10.2 Å². The number of amides is 1. The van der Waals surface area contributed by atoms with E-state index in [1.165, 1.54) is 22.7 Å². The van der Waals surface area contributed by atoms with E-state index in [1.54, 1.807) is 6.20 Å². The molecule has 0 atom stereocenters. The van der Waals surface area contributed by atoms with Gasteiger partial charge >= 0.3 is 0 Å². The zero-order valence-electron chi connectivity index (χ0n) is 13.2. The van der Waals surface area contributed by atoms with E-state index >= 15 is 0 Å². The van der Waals surface area contributed by atoms with E-state index in [0.717, 1.165) is 21.5 Å². The summed E-state index contributed by atoms with van der Waals surface area (Å²) in [6, 6.07) is 9.59. The van der Waals surface area contributed by atoms with E-state index in [1.807, 2.05) is 47.3 Å². The van der Waals surface area contributed by atoms with E-state index < -0.39 is 0 Å². The maximum Gasteiger partial charge on any atom is 0.267 e. The predicted octanol–water partition coefficient (Wildman–Crippen LogP) is 4.82. The van der Waals surface area contributed by atoms with Crippen LogP contribution in [0.15, 0.2) is 41.9 Å². The molecule has 8 heteroatoms. The number of rotatable bonds is 4. The predicted molar refractivity (Wildman–Crippen MR) is 103 cm³/mol. The molecule has 1 aromatic carbocycles. The normalized spacial score (nSPS) is 11.1. The first kappa shape index (κ1) is 16.3. The van der Waals surface area contributed by atoms with Gasteiger partial charge in [0.2, 0.25) is 0 Å². The third-order valence-electron chi connectivity index (χ3n) is 3.73. The fourth-order valence-electron chi connectivity index (χ4n) is 2.54. The Morgan fingerprint density at radius 2 is 2.12 bits per heavy atom. The molecule has 25 heavy (non-hydrogen) atoms. The van der Waals surface area contributed by atoms with E-state index in [-0.39, 0.29) is 5.91 Å². The SMILES string of the molecule is Cc1nn(Cc2ccc(Cl)cc2)c2sc(C(=O)Nc3nccs3)cc12. The minimum atomic E-state index is -0.145. The summed E-state index contributed by atoms with van der Waals surface area (Å²) in [5, 5.41) is 11.6. The van der Waals surface area contributed by atoms with Crippen LogP contribution < -0.4 is 5.32 Å². The van der Waals surface area contributed by atoms with Gasteiger partial charge in [-0.3, -0.25) is 14.8 Å². The number of fused-ring (bicyclic) bond motifs is 1. The van der Waals surface area contributed by atoms with Crippen LogP contribution in [-0.4, -0.2) is 20.7 Å². The fraction of sp³-hybridized carbons (Fsp3) is 0.118. The highest BCUT2D eigenvalue weighted by atomic mass is 35.5. The van der Waals surface area contributed by atoms with Crippen molar-refractivity contribution in [1.29, 1.82) is 0 Å². The first-order valence-electron chi connectivity index (χ1n) is 7.52. The Morgan fingerprint density at radius 1 is 1.32 bits per heavy atom. The molecule has 0 unspecified atom stereocenters. The average Bonchev–Trinajstić information content (AvgIpc) is 3.29. The van der Waals surface area contributed by atoms with E-state index in [0.29, 0.717) is 21.6 Å². The fourth-order valence-corrected chi connectivity index (χ4v) is 4.24. The van der Waals surface area contributed by atoms with Crippen molar-refractivity contribution >= 4 is 55.5 Å². The number of anilines is 1. The van der Waals surface area contributed by atoms with Crippen LogP contribution >= 0.6 is 34.3 Å². The number of carbonyl (C=O) groups is 1. The van der Waals surface area contributed by atoms with Gasteiger partial charge in [0.1, 0.15) is 4.83 Å². The third-order valence-corrected chi connectivity index (χ3v) is 5.82. The lowest BCUT2D eigenvalue weighted by atomic mass is 10.2. The largest absolute Gasteiger partial charge is 0.297 e. The molecule has 4 aromatic rings. The molecule has 0 aliphatic rings. The molecule has 1 amide bonds. The first-order chi connectivity index (χ1) is 12.1. The summed E-state index contributed by atoms with van der Waals surface area (Å²) in [4.78, 5) is 18.1. The molecular formula is C17H13ClN4OS2. The molecule has 0 fully saturated rings. The number of thiazole rings is 1. The van der Waals surface area contributed by atoms with Gasteiger partial charge in [0.05, 0.1) is 17.1 Å². The summed E-state index contributed by atoms with van der Waals surface area (Å²) in [7, 11) is 0. The van der Waals surface area contributed by atoms with E-state index in [4.69, 9.17) is 11.6 Å². The maximum atomic E-state index is 12.4. The van der Waals surface area contributed by atoms with Crippen LogP contribution in [0.3, 0.4) is 0 Å². The van der Waals surface area contributed by atoms with Gasteiger partial charge in [-0.1, -0.05) is 23.7 Å². The Hall–Kier alpha value is -2.22. The van der Waals surface area contributed by atoms with Crippen molar-refractivity contribution in [3.8, 4) is 0 Å². The molecule has 0 radical (unpaired) electrons. The monoisotopic (exact) mass is 388 g/mol. The number of nitrogens with zero attached hydrogens (tertiary/aromatic N) is 3. The molecule has 0 saturated heterocycles. The Bertz CT molecular complexity index is 1030. The Morgan fingerprint density at radius 3 is 2.84 bits per heavy atom. The molecular weight excluding hydrogens is 376 g/mol. The quantitative estimate of drug-likeness (QED) is 0.545. The minimum absolute atomic E-state index is 0.145. The number of aromatic nitrogens is 3. The molecule has 0 spiro atoms. The van der Waals surface area contributed by atoms with Crippen LogP contribution in [0, 0.1) is 6.92 Å². The van der Waals surface area contributed by atoms with Crippen LogP contribution in [0.4, 0.5) is 5.13 Å². The molecule has 5 nitrogen and oxygen atoms in total. The smallest absolute Gasteiger partial charge is 0.267 e. The third kappa shape index (κ3) is 3.30. The van der Waals surface area contributed by atoms with Gasteiger partial charge in [0, 0.05) is 22.0 Å². The van der Waals surface area contributed by atoms with Gasteiger partial charge in [-0.05, 0) is 30.7 Å². The number of benzene rings is 1. The van der Waals surface area contributed by atoms with Crippen molar-refractivity contribution in [2.45, 2.75) is 13.5 Å². The second-order valence-corrected chi connectivity index (χ2v) is 7.85. The van der Waals surface area contributed by atoms with Crippen LogP contribution in [-0.2, 0) is 6.54 Å². The lowest BCUT2D eigenvalue weighted by Crippen LogP contribution is -2.09. The number of hydrogen-bond acceptors (Lipinski definition) is 5. The summed E-state index contributed by atoms with van der Waals surface area (Å²) < 4.78 is 1.93. The lowest BCUT2D eigenvalue weighted by molar-refractivity contribution is 0.103. The molecule has 0 aliphatic heterocycles. The van der Waals surface area contributed by atoms with Gasteiger partial charge in [-0.2, -0.15) is 5.10 Å². The second kappa shape index (κ2) is 6.59. The van der Waals surface area contributed by atoms with E-state index in [9.17, 15) is 4.79 Å². The van der Waals surface area contributed by atoms with Crippen molar-refractivity contribution in [2.75, 3.05) is 5.32 Å². The number of hydrogen-bond donors (Lipinski definition) is 1. The first-order valence-corrected chi connectivity index (χ1v) is 9.60. The molecule has 1 N–H and O–H groups in total. The molecule has 0 bridgehead atoms. The highest BCUT2D eigenvalue weighted by molar-refractivity contribution is 7.20. The highest BCUT2D eigenvalue weighted by Gasteiger charge is 2.17. The summed E-state index contributed by atoms with van der Waals surface area (Å²) in [6.45, 7) is 2.59. The molecule has 4 rings (SSSR count). The number of nitrogens with one attached hydrogen (secondary N) is 1. The minimum Gasteiger partial charge on any atom is -0.297 e. The number of aryl methyl sites for hydroxylation is 1. The standard InChI is InChI=1S/C17H13ClN4OS2/c1-10-13-8-14(15(23)20-17-19-6-7-24-17)25-16(13)22(21-10)9-11-2-4-12(18)5-3-11/h2-8H,9H2,1H3,(H,19,20,23). The molecule has 3 heterocycles. The van der Waals surface area contributed by atoms with Crippen LogP contribution in [0.2, 0.25) is 5.02 Å². The maximum absolute atomic E-state index is 12.4. The Balaban J connectivity index is 1.64. The number of thiophene rings is 1. The van der Waals surface area contributed by atoms with Gasteiger partial charge in [0.25, 0.3) is 5.91 Å². The molecule has 3 aromatic heterocycles. The zero-order chi connectivity index (χ0) is 17.4. The average molecular weight is 389 g/mol. The number of halogens is 1. The van der Waals surface area contributed by atoms with E-state index in [2.05, 4.69) is 15.4 Å². The van der Waals surface area contributed by atoms with Gasteiger partial charge in [-0.15, -0.1) is 22.7 Å². The highest BCUT2D eigenvalue weighted by Crippen LogP contribution is 2.29. The van der Waals surface area contributed by atoms with Crippen molar-refractivity contribution in [3.05, 3.63) is 63.1 Å². The van der Waals surface area contributed by atoms with Crippen LogP contribution in [0.5, 0.6) is 0 Å². The molecule has 0 saturated carbocycles. The van der Waals surface area contributed by atoms with Crippen molar-refractivity contribution < 1.29 is 4.79 Å². The van der Waals surface area contributed by atoms with Crippen molar-refractivity contribution in [3.63, 3.8) is 0 Å². The van der Waals surface area contributed by atoms with Gasteiger partial charge in [-0.25, -0.2) is 4.98 Å². The van der Waals surface area contributed by atoms with Gasteiger partial charge < -0.3 is 0 Å². The van der Waals surface area contributed by atoms with Crippen LogP contribution in [0.1, 0.15) is 20.9 Å².